The molecule has 0 saturated carbocycles. The highest BCUT2D eigenvalue weighted by Gasteiger charge is 2.12. The van der Waals surface area contributed by atoms with Gasteiger partial charge in [0.25, 0.3) is 11.8 Å². The molecule has 0 aliphatic rings. The van der Waals surface area contributed by atoms with Crippen LogP contribution in [-0.2, 0) is 13.1 Å². The van der Waals surface area contributed by atoms with Crippen LogP contribution in [-0.4, -0.2) is 21.8 Å². The van der Waals surface area contributed by atoms with E-state index in [2.05, 4.69) is 20.6 Å². The molecular weight excluding hydrogens is 320 g/mol. The second kappa shape index (κ2) is 7.87. The Kier molecular flexibility index (Phi) is 5.16. The zero-order valence-corrected chi connectivity index (χ0v) is 13.3. The monoisotopic (exact) mass is 336 g/mol. The first-order valence-corrected chi connectivity index (χ1v) is 7.67. The quantitative estimate of drug-likeness (QED) is 0.717. The first kappa shape index (κ1) is 16.4. The van der Waals surface area contributed by atoms with Crippen molar-refractivity contribution in [2.75, 3.05) is 0 Å². The second-order valence-corrected chi connectivity index (χ2v) is 5.20. The fraction of sp³-hybridized carbons (Fsp3) is 0.111. The molecule has 3 aromatic heterocycles. The average molecular weight is 336 g/mol. The molecule has 2 N–H and O–H groups in total. The van der Waals surface area contributed by atoms with E-state index < -0.39 is 0 Å². The summed E-state index contributed by atoms with van der Waals surface area (Å²) in [4.78, 5) is 32.5. The Morgan fingerprint density at radius 2 is 1.80 bits per heavy atom. The number of hydrogen-bond donors (Lipinski definition) is 2. The number of amides is 2. The normalized spacial score (nSPS) is 10.2. The highest BCUT2D eigenvalue weighted by molar-refractivity contribution is 5.98. The van der Waals surface area contributed by atoms with Crippen LogP contribution in [0.25, 0.3) is 0 Å². The maximum Gasteiger partial charge on any atom is 0.270 e. The van der Waals surface area contributed by atoms with Gasteiger partial charge < -0.3 is 15.1 Å². The van der Waals surface area contributed by atoms with Gasteiger partial charge in [-0.3, -0.25) is 19.6 Å². The maximum atomic E-state index is 12.2. The van der Waals surface area contributed by atoms with E-state index in [9.17, 15) is 9.59 Å². The third kappa shape index (κ3) is 4.51. The number of aromatic nitrogens is 2. The second-order valence-electron chi connectivity index (χ2n) is 5.20. The van der Waals surface area contributed by atoms with Gasteiger partial charge in [-0.1, -0.05) is 6.07 Å². The molecule has 3 rings (SSSR count). The fourth-order valence-electron chi connectivity index (χ4n) is 2.14. The van der Waals surface area contributed by atoms with Crippen molar-refractivity contribution in [3.63, 3.8) is 0 Å². The van der Waals surface area contributed by atoms with Gasteiger partial charge in [-0.05, 0) is 36.4 Å². The van der Waals surface area contributed by atoms with Gasteiger partial charge in [0.1, 0.15) is 11.5 Å². The minimum Gasteiger partial charge on any atom is -0.467 e. The predicted octanol–water partition coefficient (Wildman–Crippen LogP) is 1.93. The van der Waals surface area contributed by atoms with E-state index in [1.807, 2.05) is 18.2 Å². The summed E-state index contributed by atoms with van der Waals surface area (Å²) in [7, 11) is 0. The summed E-state index contributed by atoms with van der Waals surface area (Å²) in [5, 5.41) is 5.45. The summed E-state index contributed by atoms with van der Waals surface area (Å²) < 4.78 is 5.15. The van der Waals surface area contributed by atoms with Crippen molar-refractivity contribution in [2.45, 2.75) is 13.1 Å². The van der Waals surface area contributed by atoms with Crippen molar-refractivity contribution in [1.29, 1.82) is 0 Å². The molecule has 3 heterocycles. The first-order valence-electron chi connectivity index (χ1n) is 7.67. The zero-order valence-electron chi connectivity index (χ0n) is 13.3. The van der Waals surface area contributed by atoms with E-state index in [4.69, 9.17) is 4.42 Å². The molecule has 0 unspecified atom stereocenters. The molecule has 3 aromatic rings. The number of furan rings is 1. The van der Waals surface area contributed by atoms with Gasteiger partial charge in [0.2, 0.25) is 0 Å². The smallest absolute Gasteiger partial charge is 0.270 e. The third-order valence-corrected chi connectivity index (χ3v) is 3.41. The average Bonchev–Trinajstić information content (AvgIpc) is 3.18. The van der Waals surface area contributed by atoms with Crippen LogP contribution >= 0.6 is 0 Å². The third-order valence-electron chi connectivity index (χ3n) is 3.41. The topological polar surface area (TPSA) is 97.1 Å². The lowest BCUT2D eigenvalue weighted by atomic mass is 10.2. The van der Waals surface area contributed by atoms with E-state index in [0.717, 1.165) is 5.69 Å². The molecule has 0 fully saturated rings. The van der Waals surface area contributed by atoms with Crippen LogP contribution in [0.4, 0.5) is 0 Å². The SMILES string of the molecule is O=C(NCc1ccccn1)c1ccnc(C(=O)NCc2ccco2)c1. The molecule has 0 aliphatic carbocycles. The van der Waals surface area contributed by atoms with E-state index >= 15 is 0 Å². The first-order chi connectivity index (χ1) is 12.2. The largest absolute Gasteiger partial charge is 0.467 e. The highest BCUT2D eigenvalue weighted by Crippen LogP contribution is 2.04. The van der Waals surface area contributed by atoms with Crippen molar-refractivity contribution in [3.05, 3.63) is 83.8 Å². The lowest BCUT2D eigenvalue weighted by Gasteiger charge is -2.07. The summed E-state index contributed by atoms with van der Waals surface area (Å²) in [5.41, 5.74) is 1.27. The van der Waals surface area contributed by atoms with Gasteiger partial charge in [-0.15, -0.1) is 0 Å². The molecule has 0 atom stereocenters. The number of nitrogens with one attached hydrogen (secondary N) is 2. The van der Waals surface area contributed by atoms with Gasteiger partial charge in [0.05, 0.1) is 25.0 Å². The minimum absolute atomic E-state index is 0.164. The summed E-state index contributed by atoms with van der Waals surface area (Å²) in [6.07, 6.45) is 4.62. The van der Waals surface area contributed by atoms with E-state index in [1.54, 1.807) is 24.4 Å². The van der Waals surface area contributed by atoms with Gasteiger partial charge in [-0.2, -0.15) is 0 Å². The number of carbonyl (C=O) groups is 2. The Labute approximate surface area is 144 Å². The molecule has 2 amide bonds. The van der Waals surface area contributed by atoms with E-state index in [1.165, 1.54) is 18.5 Å². The van der Waals surface area contributed by atoms with Crippen LogP contribution in [0.3, 0.4) is 0 Å². The van der Waals surface area contributed by atoms with Crippen LogP contribution < -0.4 is 10.6 Å². The van der Waals surface area contributed by atoms with Gasteiger partial charge >= 0.3 is 0 Å². The van der Waals surface area contributed by atoms with Crippen molar-refractivity contribution < 1.29 is 14.0 Å². The number of rotatable bonds is 6. The maximum absolute atomic E-state index is 12.2. The summed E-state index contributed by atoms with van der Waals surface area (Å²) >= 11 is 0. The van der Waals surface area contributed by atoms with Crippen molar-refractivity contribution in [1.82, 2.24) is 20.6 Å². The minimum atomic E-state index is -0.379. The molecular formula is C18H16N4O3. The predicted molar refractivity (Wildman–Crippen MR) is 89.5 cm³/mol. The van der Waals surface area contributed by atoms with Gasteiger partial charge in [0, 0.05) is 18.0 Å². The molecule has 0 aromatic carbocycles. The fourth-order valence-corrected chi connectivity index (χ4v) is 2.14. The van der Waals surface area contributed by atoms with Crippen LogP contribution in [0.15, 0.2) is 65.5 Å². The molecule has 0 bridgehead atoms. The standard InChI is InChI=1S/C18H16N4O3/c23-17(21-11-14-4-1-2-7-19-14)13-6-8-20-16(10-13)18(24)22-12-15-5-3-9-25-15/h1-10H,11-12H2,(H,21,23)(H,22,24). The molecule has 0 spiro atoms. The molecule has 7 nitrogen and oxygen atoms in total. The Hall–Kier alpha value is -3.48. The Morgan fingerprint density at radius 3 is 2.56 bits per heavy atom. The van der Waals surface area contributed by atoms with Crippen LogP contribution in [0.2, 0.25) is 0 Å². The molecule has 126 valence electrons. The Morgan fingerprint density at radius 1 is 0.920 bits per heavy atom. The summed E-state index contributed by atoms with van der Waals surface area (Å²) in [6.45, 7) is 0.561. The number of nitrogens with zero attached hydrogens (tertiary/aromatic N) is 2. The van der Waals surface area contributed by atoms with Crippen molar-refractivity contribution in [2.24, 2.45) is 0 Å². The number of hydrogen-bond acceptors (Lipinski definition) is 5. The van der Waals surface area contributed by atoms with Gasteiger partial charge in [-0.25, -0.2) is 0 Å². The molecule has 0 aliphatic heterocycles. The lowest BCUT2D eigenvalue weighted by Crippen LogP contribution is -2.26. The van der Waals surface area contributed by atoms with E-state index in [-0.39, 0.29) is 24.1 Å². The molecule has 0 radical (unpaired) electrons. The number of carbonyl (C=O) groups excluding carboxylic acids is 2. The number of pyridine rings is 2. The van der Waals surface area contributed by atoms with Crippen LogP contribution in [0.5, 0.6) is 0 Å². The Balaban J connectivity index is 1.60. The molecule has 7 heteroatoms. The summed E-state index contributed by atoms with van der Waals surface area (Å²) in [6, 6.07) is 12.0. The van der Waals surface area contributed by atoms with Crippen molar-refractivity contribution >= 4 is 11.8 Å². The Bertz CT molecular complexity index is 848. The van der Waals surface area contributed by atoms with Crippen LogP contribution in [0, 0.1) is 0 Å². The van der Waals surface area contributed by atoms with E-state index in [0.29, 0.717) is 17.9 Å². The van der Waals surface area contributed by atoms with Crippen molar-refractivity contribution in [3.8, 4) is 0 Å². The zero-order chi connectivity index (χ0) is 17.5. The highest BCUT2D eigenvalue weighted by atomic mass is 16.3. The van der Waals surface area contributed by atoms with Gasteiger partial charge in [0.15, 0.2) is 0 Å². The lowest BCUT2D eigenvalue weighted by molar-refractivity contribution is 0.0943. The summed E-state index contributed by atoms with van der Waals surface area (Å²) in [5.74, 6) is -0.0403. The molecule has 0 saturated heterocycles. The molecule has 25 heavy (non-hydrogen) atoms. The van der Waals surface area contributed by atoms with Crippen LogP contribution in [0.1, 0.15) is 32.3 Å².